The minimum Gasteiger partial charge on any atom is -0.391 e. The molecule has 0 spiro atoms. The molecular formula is C20H44N4O18S2. The van der Waals surface area contributed by atoms with Crippen LogP contribution in [0.5, 0.6) is 0 Å². The molecule has 3 aliphatic rings. The Morgan fingerprint density at radius 1 is 0.841 bits per heavy atom. The van der Waals surface area contributed by atoms with Gasteiger partial charge in [-0.1, -0.05) is 0 Å². The average Bonchev–Trinajstić information content (AvgIpc) is 2.83. The Balaban J connectivity index is 0.000000837. The van der Waals surface area contributed by atoms with Crippen molar-refractivity contribution in [2.24, 2.45) is 17.2 Å². The second-order valence-corrected chi connectivity index (χ2v) is 12.5. The van der Waals surface area contributed by atoms with Crippen LogP contribution in [0.4, 0.5) is 0 Å². The molecule has 2 saturated heterocycles. The number of nitrogens with one attached hydrogen (secondary N) is 1. The van der Waals surface area contributed by atoms with Gasteiger partial charge in [-0.05, 0) is 27.3 Å². The summed E-state index contributed by atoms with van der Waals surface area (Å²) in [5.74, 6) is 0. The first-order chi connectivity index (χ1) is 19.8. The van der Waals surface area contributed by atoms with Gasteiger partial charge in [-0.3, -0.25) is 18.2 Å². The number of aliphatic hydroxyl groups is 6. The van der Waals surface area contributed by atoms with Crippen LogP contribution in [0.1, 0.15) is 20.3 Å². The van der Waals surface area contributed by atoms with Crippen molar-refractivity contribution in [3.63, 3.8) is 0 Å². The van der Waals surface area contributed by atoms with Crippen molar-refractivity contribution in [2.45, 2.75) is 111 Å². The summed E-state index contributed by atoms with van der Waals surface area (Å²) in [7, 11) is -7.76. The molecule has 24 heteroatoms. The molecule has 44 heavy (non-hydrogen) atoms. The first-order valence-corrected chi connectivity index (χ1v) is 15.6. The van der Waals surface area contributed by atoms with E-state index in [9.17, 15) is 30.6 Å². The van der Waals surface area contributed by atoms with Gasteiger partial charge in [0.05, 0.1) is 24.8 Å². The molecule has 264 valence electrons. The van der Waals surface area contributed by atoms with Gasteiger partial charge in [0, 0.05) is 12.1 Å². The molecule has 0 amide bonds. The molecular weight excluding hydrogens is 648 g/mol. The van der Waals surface area contributed by atoms with E-state index in [0.29, 0.717) is 0 Å². The molecule has 0 aromatic rings. The van der Waals surface area contributed by atoms with Crippen molar-refractivity contribution in [3.8, 4) is 0 Å². The maximum absolute atomic E-state index is 11.1. The Morgan fingerprint density at radius 3 is 1.68 bits per heavy atom. The number of aliphatic hydroxyl groups excluding tert-OH is 5. The molecule has 2 aliphatic heterocycles. The zero-order chi connectivity index (χ0) is 34.5. The largest absolute Gasteiger partial charge is 0.394 e. The molecule has 0 aromatic heterocycles. The highest BCUT2D eigenvalue weighted by Gasteiger charge is 2.52. The number of hydrogen-bond donors (Lipinski definition) is 14. The highest BCUT2D eigenvalue weighted by molar-refractivity contribution is 7.80. The molecule has 0 radical (unpaired) electrons. The molecule has 0 aromatic carbocycles. The summed E-state index contributed by atoms with van der Waals surface area (Å²) in [4.78, 5) is 0. The van der Waals surface area contributed by atoms with Gasteiger partial charge in [0.25, 0.3) is 0 Å². The molecule has 15 atom stereocenters. The van der Waals surface area contributed by atoms with E-state index in [4.69, 9.17) is 71.2 Å². The van der Waals surface area contributed by atoms with Gasteiger partial charge in [0.1, 0.15) is 48.3 Å². The van der Waals surface area contributed by atoms with Crippen molar-refractivity contribution >= 4 is 20.8 Å². The quantitative estimate of drug-likeness (QED) is 0.115. The van der Waals surface area contributed by atoms with E-state index in [1.165, 1.54) is 13.8 Å². The highest BCUT2D eigenvalue weighted by Crippen LogP contribution is 2.32. The Hall–Kier alpha value is -0.820. The summed E-state index contributed by atoms with van der Waals surface area (Å²) in [6.45, 7) is 2.75. The molecule has 17 N–H and O–H groups in total. The smallest absolute Gasteiger partial charge is 0.391 e. The maximum atomic E-state index is 11.1. The summed E-state index contributed by atoms with van der Waals surface area (Å²) >= 11 is 0. The van der Waals surface area contributed by atoms with Gasteiger partial charge in [-0.25, -0.2) is 0 Å². The van der Waals surface area contributed by atoms with Crippen LogP contribution in [-0.4, -0.2) is 171 Å². The molecule has 3 fully saturated rings. The number of likely N-dealkylation sites (N-methyl/N-ethyl adjacent to an activating group) is 1. The predicted molar refractivity (Wildman–Crippen MR) is 144 cm³/mol. The second kappa shape index (κ2) is 16.3. The van der Waals surface area contributed by atoms with Crippen LogP contribution >= 0.6 is 0 Å². The summed E-state index contributed by atoms with van der Waals surface area (Å²) in [5.41, 5.74) is 17.0. The molecule has 15 unspecified atom stereocenters. The first-order valence-electron chi connectivity index (χ1n) is 12.8. The summed E-state index contributed by atoms with van der Waals surface area (Å²) in [6.07, 6.45) is -12.4. The van der Waals surface area contributed by atoms with Crippen LogP contribution in [-0.2, 0) is 39.7 Å². The second-order valence-electron chi connectivity index (χ2n) is 10.7. The minimum atomic E-state index is -4.67. The van der Waals surface area contributed by atoms with Gasteiger partial charge >= 0.3 is 20.8 Å². The van der Waals surface area contributed by atoms with Crippen molar-refractivity contribution < 1.29 is 84.6 Å². The van der Waals surface area contributed by atoms with Crippen LogP contribution < -0.4 is 22.5 Å². The van der Waals surface area contributed by atoms with E-state index in [0.717, 1.165) is 0 Å². The van der Waals surface area contributed by atoms with Crippen molar-refractivity contribution in [1.29, 1.82) is 0 Å². The Bertz CT molecular complexity index is 1050. The number of hydrogen-bond acceptors (Lipinski definition) is 18. The van der Waals surface area contributed by atoms with Crippen molar-refractivity contribution in [3.05, 3.63) is 0 Å². The number of ether oxygens (including phenoxy) is 4. The highest BCUT2D eigenvalue weighted by atomic mass is 32.3. The molecule has 0 bridgehead atoms. The zero-order valence-electron chi connectivity index (χ0n) is 23.8. The SMILES string of the molecule is CNC1C(O)C(OC2C(N)CC(N)C(OC3OC(C(C)O)C(O)C(O)C3N)C2O)OCC1(C)O.O=S(=O)(O)O.O=S(=O)(O)O. The average molecular weight is 693 g/mol. The molecule has 22 nitrogen and oxygen atoms in total. The predicted octanol–water partition coefficient (Wildman–Crippen LogP) is -6.92. The van der Waals surface area contributed by atoms with Gasteiger partial charge < -0.3 is 72.1 Å². The zero-order valence-corrected chi connectivity index (χ0v) is 25.4. The van der Waals surface area contributed by atoms with E-state index < -0.39 is 112 Å². The minimum absolute atomic E-state index is 0.135. The van der Waals surface area contributed by atoms with Gasteiger partial charge in [0.15, 0.2) is 12.6 Å². The molecule has 3 rings (SSSR count). The van der Waals surface area contributed by atoms with Gasteiger partial charge in [-0.2, -0.15) is 16.8 Å². The third-order valence-corrected chi connectivity index (χ3v) is 6.95. The van der Waals surface area contributed by atoms with Crippen LogP contribution in [0.2, 0.25) is 0 Å². The van der Waals surface area contributed by atoms with Crippen LogP contribution in [0, 0.1) is 0 Å². The Kier molecular flexibility index (Phi) is 15.3. The van der Waals surface area contributed by atoms with Crippen molar-refractivity contribution in [2.75, 3.05) is 13.7 Å². The van der Waals surface area contributed by atoms with Crippen LogP contribution in [0.25, 0.3) is 0 Å². The Morgan fingerprint density at radius 2 is 1.27 bits per heavy atom. The lowest BCUT2D eigenvalue weighted by Crippen LogP contribution is -2.69. The lowest BCUT2D eigenvalue weighted by molar-refractivity contribution is -0.319. The third kappa shape index (κ3) is 12.4. The van der Waals surface area contributed by atoms with E-state index >= 15 is 0 Å². The van der Waals surface area contributed by atoms with Gasteiger partial charge in [-0.15, -0.1) is 0 Å². The first kappa shape index (κ1) is 41.2. The molecule has 1 saturated carbocycles. The van der Waals surface area contributed by atoms with Crippen LogP contribution in [0.15, 0.2) is 0 Å². The Labute approximate surface area is 253 Å². The van der Waals surface area contributed by atoms with E-state index in [-0.39, 0.29) is 13.0 Å². The number of rotatable bonds is 6. The topological polar surface area (TPSA) is 398 Å². The third-order valence-electron chi connectivity index (χ3n) is 6.95. The van der Waals surface area contributed by atoms with E-state index in [1.54, 1.807) is 7.05 Å². The molecule has 2 heterocycles. The fraction of sp³-hybridized carbons (Fsp3) is 1.00. The van der Waals surface area contributed by atoms with E-state index in [1.807, 2.05) is 0 Å². The standard InChI is InChI=1S/C20H40N4O10.2H2O4S/c1-6(25)14-11(27)10(26)9(23)18(32-14)33-15-7(21)4-8(22)16(12(15)28)34-19-13(29)17(24-3)20(2,30)5-31-19;2*1-5(2,3)4/h6-19,24-30H,4-5,21-23H2,1-3H3;2*(H2,1,2,3,4). The number of nitrogens with two attached hydrogens (primary N) is 3. The fourth-order valence-corrected chi connectivity index (χ4v) is 4.95. The summed E-state index contributed by atoms with van der Waals surface area (Å²) in [6, 6.07) is -3.47. The van der Waals surface area contributed by atoms with E-state index in [2.05, 4.69) is 5.32 Å². The van der Waals surface area contributed by atoms with Gasteiger partial charge in [0.2, 0.25) is 0 Å². The maximum Gasteiger partial charge on any atom is 0.394 e. The summed E-state index contributed by atoms with van der Waals surface area (Å²) < 4.78 is 85.9. The normalized spacial score (nSPS) is 44.0. The monoisotopic (exact) mass is 692 g/mol. The fourth-order valence-electron chi connectivity index (χ4n) is 4.95. The lowest BCUT2D eigenvalue weighted by atomic mass is 9.84. The lowest BCUT2D eigenvalue weighted by Gasteiger charge is -2.49. The summed E-state index contributed by atoms with van der Waals surface area (Å²) in [5, 5.41) is 65.2. The van der Waals surface area contributed by atoms with Crippen LogP contribution in [0.3, 0.4) is 0 Å². The van der Waals surface area contributed by atoms with Crippen molar-refractivity contribution in [1.82, 2.24) is 5.32 Å². The molecule has 1 aliphatic carbocycles.